The zero-order valence-electron chi connectivity index (χ0n) is 15.1. The first kappa shape index (κ1) is 17.6. The summed E-state index contributed by atoms with van der Waals surface area (Å²) in [6.07, 6.45) is 2.11. The highest BCUT2D eigenvalue weighted by molar-refractivity contribution is 6.31. The van der Waals surface area contributed by atoms with Crippen LogP contribution in [-0.4, -0.2) is 10.2 Å². The van der Waals surface area contributed by atoms with Gasteiger partial charge < -0.3 is 5.32 Å². The molecule has 3 nitrogen and oxygen atoms in total. The molecule has 0 saturated carbocycles. The van der Waals surface area contributed by atoms with Crippen LogP contribution in [0.3, 0.4) is 0 Å². The minimum atomic E-state index is 0.140. The molecule has 0 fully saturated rings. The summed E-state index contributed by atoms with van der Waals surface area (Å²) < 4.78 is 0. The Morgan fingerprint density at radius 3 is 2.64 bits per heavy atom. The molecule has 4 heteroatoms. The number of aromatic nitrogens is 2. The molecule has 0 aliphatic heterocycles. The summed E-state index contributed by atoms with van der Waals surface area (Å²) in [6, 6.07) is 14.5. The molecule has 0 saturated heterocycles. The Morgan fingerprint density at radius 2 is 1.96 bits per heavy atom. The SMILES string of the molecule is CC=C(NC(c1ccccc1Cl)C(C)C)c1ccc2n[nH]c(C)c2c1. The molecular formula is C21H24ClN3. The van der Waals surface area contributed by atoms with Gasteiger partial charge in [0, 0.05) is 21.8 Å². The van der Waals surface area contributed by atoms with Gasteiger partial charge >= 0.3 is 0 Å². The summed E-state index contributed by atoms with van der Waals surface area (Å²) >= 11 is 6.45. The van der Waals surface area contributed by atoms with Gasteiger partial charge in [0.05, 0.1) is 11.6 Å². The minimum absolute atomic E-state index is 0.140. The fraction of sp³-hybridized carbons (Fsp3) is 0.286. The second kappa shape index (κ2) is 7.32. The molecule has 1 atom stereocenters. The molecule has 1 unspecified atom stereocenters. The summed E-state index contributed by atoms with van der Waals surface area (Å²) in [5, 5.41) is 13.0. The van der Waals surface area contributed by atoms with Crippen molar-refractivity contribution in [2.75, 3.05) is 0 Å². The Morgan fingerprint density at radius 1 is 1.20 bits per heavy atom. The zero-order valence-corrected chi connectivity index (χ0v) is 15.9. The van der Waals surface area contributed by atoms with Crippen molar-refractivity contribution in [2.45, 2.75) is 33.7 Å². The summed E-state index contributed by atoms with van der Waals surface area (Å²) in [4.78, 5) is 0. The first-order chi connectivity index (χ1) is 12.0. The largest absolute Gasteiger partial charge is 0.378 e. The van der Waals surface area contributed by atoms with Crippen LogP contribution in [0, 0.1) is 12.8 Å². The predicted molar refractivity (Wildman–Crippen MR) is 107 cm³/mol. The van der Waals surface area contributed by atoms with E-state index in [4.69, 9.17) is 11.6 Å². The van der Waals surface area contributed by atoms with E-state index in [0.29, 0.717) is 5.92 Å². The third kappa shape index (κ3) is 3.57. The van der Waals surface area contributed by atoms with Gasteiger partial charge in [-0.2, -0.15) is 5.10 Å². The van der Waals surface area contributed by atoms with Gasteiger partial charge in [-0.15, -0.1) is 0 Å². The molecule has 1 aromatic heterocycles. The molecule has 0 bridgehead atoms. The molecule has 1 heterocycles. The highest BCUT2D eigenvalue weighted by atomic mass is 35.5. The molecular weight excluding hydrogens is 330 g/mol. The van der Waals surface area contributed by atoms with Crippen LogP contribution in [0.1, 0.15) is 43.6 Å². The van der Waals surface area contributed by atoms with Gasteiger partial charge in [-0.05, 0) is 49.1 Å². The highest BCUT2D eigenvalue weighted by Crippen LogP contribution is 2.31. The molecule has 0 radical (unpaired) electrons. The molecule has 0 amide bonds. The number of aromatic amines is 1. The van der Waals surface area contributed by atoms with Crippen LogP contribution in [-0.2, 0) is 0 Å². The average molecular weight is 354 g/mol. The van der Waals surface area contributed by atoms with Crippen molar-refractivity contribution in [2.24, 2.45) is 5.92 Å². The van der Waals surface area contributed by atoms with Crippen molar-refractivity contribution in [1.82, 2.24) is 15.5 Å². The normalized spacial score (nSPS) is 13.4. The van der Waals surface area contributed by atoms with Crippen LogP contribution in [0.5, 0.6) is 0 Å². The average Bonchev–Trinajstić information content (AvgIpc) is 2.97. The van der Waals surface area contributed by atoms with Crippen molar-refractivity contribution in [1.29, 1.82) is 0 Å². The molecule has 0 aliphatic rings. The van der Waals surface area contributed by atoms with Gasteiger partial charge in [-0.3, -0.25) is 5.10 Å². The third-order valence-electron chi connectivity index (χ3n) is 4.56. The van der Waals surface area contributed by atoms with Crippen molar-refractivity contribution in [3.63, 3.8) is 0 Å². The lowest BCUT2D eigenvalue weighted by Crippen LogP contribution is -2.25. The number of nitrogens with zero attached hydrogens (tertiary/aromatic N) is 1. The molecule has 25 heavy (non-hydrogen) atoms. The van der Waals surface area contributed by atoms with E-state index in [0.717, 1.165) is 38.4 Å². The van der Waals surface area contributed by atoms with Crippen molar-refractivity contribution < 1.29 is 0 Å². The summed E-state index contributed by atoms with van der Waals surface area (Å²) in [5.41, 5.74) is 5.44. The number of hydrogen-bond donors (Lipinski definition) is 2. The summed E-state index contributed by atoms with van der Waals surface area (Å²) in [5.74, 6) is 0.397. The first-order valence-electron chi connectivity index (χ1n) is 8.63. The number of hydrogen-bond acceptors (Lipinski definition) is 2. The number of H-pyrrole nitrogens is 1. The number of halogens is 1. The van der Waals surface area contributed by atoms with Crippen LogP contribution in [0.15, 0.2) is 48.5 Å². The van der Waals surface area contributed by atoms with Crippen LogP contribution >= 0.6 is 11.6 Å². The van der Waals surface area contributed by atoms with Crippen LogP contribution in [0.4, 0.5) is 0 Å². The second-order valence-corrected chi connectivity index (χ2v) is 7.08. The number of allylic oxidation sites excluding steroid dienone is 1. The Kier molecular flexibility index (Phi) is 5.14. The van der Waals surface area contributed by atoms with Gasteiger partial charge in [0.1, 0.15) is 0 Å². The molecule has 130 valence electrons. The van der Waals surface area contributed by atoms with Crippen molar-refractivity contribution in [3.8, 4) is 0 Å². The van der Waals surface area contributed by atoms with E-state index in [9.17, 15) is 0 Å². The third-order valence-corrected chi connectivity index (χ3v) is 4.91. The van der Waals surface area contributed by atoms with Gasteiger partial charge in [-0.25, -0.2) is 0 Å². The Bertz CT molecular complexity index is 908. The predicted octanol–water partition coefficient (Wildman–Crippen LogP) is 5.87. The lowest BCUT2D eigenvalue weighted by Gasteiger charge is -2.26. The van der Waals surface area contributed by atoms with E-state index >= 15 is 0 Å². The molecule has 2 N–H and O–H groups in total. The monoisotopic (exact) mass is 353 g/mol. The minimum Gasteiger partial charge on any atom is -0.378 e. The number of fused-ring (bicyclic) bond motifs is 1. The highest BCUT2D eigenvalue weighted by Gasteiger charge is 2.19. The standard InChI is InChI=1S/C21H24ClN3/c1-5-19(15-10-11-20-17(12-15)14(4)24-25-20)23-21(13(2)3)16-8-6-7-9-18(16)22/h5-13,21,23H,1-4H3,(H,24,25). The maximum Gasteiger partial charge on any atom is 0.0924 e. The van der Waals surface area contributed by atoms with Crippen molar-refractivity contribution in [3.05, 3.63) is 70.4 Å². The summed E-state index contributed by atoms with van der Waals surface area (Å²) in [6.45, 7) is 8.51. The van der Waals surface area contributed by atoms with E-state index in [-0.39, 0.29) is 6.04 Å². The maximum absolute atomic E-state index is 6.45. The zero-order chi connectivity index (χ0) is 18.0. The topological polar surface area (TPSA) is 40.7 Å². The van der Waals surface area contributed by atoms with E-state index < -0.39 is 0 Å². The molecule has 3 rings (SSSR count). The van der Waals surface area contributed by atoms with E-state index in [1.165, 1.54) is 0 Å². The fourth-order valence-corrected chi connectivity index (χ4v) is 3.39. The number of aryl methyl sites for hydroxylation is 1. The number of nitrogens with one attached hydrogen (secondary N) is 2. The van der Waals surface area contributed by atoms with E-state index in [2.05, 4.69) is 66.6 Å². The van der Waals surface area contributed by atoms with Crippen LogP contribution < -0.4 is 5.32 Å². The number of rotatable bonds is 5. The van der Waals surface area contributed by atoms with Crippen LogP contribution in [0.25, 0.3) is 16.6 Å². The molecule has 2 aromatic carbocycles. The Balaban J connectivity index is 1.96. The van der Waals surface area contributed by atoms with E-state index in [1.54, 1.807) is 0 Å². The maximum atomic E-state index is 6.45. The fourth-order valence-electron chi connectivity index (χ4n) is 3.14. The van der Waals surface area contributed by atoms with Gasteiger partial charge in [0.2, 0.25) is 0 Å². The van der Waals surface area contributed by atoms with E-state index in [1.807, 2.05) is 25.1 Å². The van der Waals surface area contributed by atoms with Crippen molar-refractivity contribution >= 4 is 28.2 Å². The van der Waals surface area contributed by atoms with Gasteiger partial charge in [0.25, 0.3) is 0 Å². The lowest BCUT2D eigenvalue weighted by molar-refractivity contribution is 0.465. The first-order valence-corrected chi connectivity index (χ1v) is 9.01. The summed E-state index contributed by atoms with van der Waals surface area (Å²) in [7, 11) is 0. The van der Waals surface area contributed by atoms with Gasteiger partial charge in [-0.1, -0.05) is 55.8 Å². The Hall–Kier alpha value is -2.26. The quantitative estimate of drug-likeness (QED) is 0.602. The Labute approximate surface area is 154 Å². The lowest BCUT2D eigenvalue weighted by atomic mass is 9.94. The van der Waals surface area contributed by atoms with Gasteiger partial charge in [0.15, 0.2) is 0 Å². The van der Waals surface area contributed by atoms with Crippen LogP contribution in [0.2, 0.25) is 5.02 Å². The molecule has 0 spiro atoms. The smallest absolute Gasteiger partial charge is 0.0924 e. The number of benzene rings is 2. The molecule has 3 aromatic rings. The second-order valence-electron chi connectivity index (χ2n) is 6.67. The molecule has 0 aliphatic carbocycles.